The van der Waals surface area contributed by atoms with Gasteiger partial charge < -0.3 is 0 Å². The molecule has 0 bridgehead atoms. The van der Waals surface area contributed by atoms with Gasteiger partial charge in [-0.2, -0.15) is 0 Å². The summed E-state index contributed by atoms with van der Waals surface area (Å²) in [4.78, 5) is 4.46. The fraction of sp³-hybridized carbons (Fsp3) is 0.450. The first kappa shape index (κ1) is 18.6. The topological polar surface area (TPSA) is 9.23 Å². The minimum absolute atomic E-state index is 0.178. The van der Waals surface area contributed by atoms with Gasteiger partial charge in [-0.15, -0.1) is 0 Å². The summed E-state index contributed by atoms with van der Waals surface area (Å²) >= 11 is -1.96. The molecule has 0 saturated heterocycles. The third-order valence-corrected chi connectivity index (χ3v) is 8.80. The molecule has 0 unspecified atom stereocenters. The van der Waals surface area contributed by atoms with Crippen LogP contribution < -0.4 is 8.51 Å². The van der Waals surface area contributed by atoms with Gasteiger partial charge in [0.1, 0.15) is 0 Å². The van der Waals surface area contributed by atoms with Crippen molar-refractivity contribution in [1.29, 1.82) is 0 Å². The molecular weight excluding hydrogens is 332 g/mol. The summed E-state index contributed by atoms with van der Waals surface area (Å²) in [7, 11) is -1.33. The van der Waals surface area contributed by atoms with Crippen LogP contribution in [0.15, 0.2) is 39.8 Å². The first-order chi connectivity index (χ1) is 10.5. The molecule has 1 nitrogen and oxygen atoms in total. The van der Waals surface area contributed by atoms with Crippen molar-refractivity contribution < 1.29 is 21.1 Å². The summed E-state index contributed by atoms with van der Waals surface area (Å²) in [6.45, 7) is 16.1. The molecule has 0 atom stereocenters. The number of rotatable bonds is 4. The van der Waals surface area contributed by atoms with Gasteiger partial charge in [0.15, 0.2) is 0 Å². The average Bonchev–Trinajstić information content (AvgIpc) is 2.85. The number of benzene rings is 1. The zero-order valence-corrected chi connectivity index (χ0v) is 18.3. The molecule has 0 aliphatic heterocycles. The van der Waals surface area contributed by atoms with Crippen molar-refractivity contribution in [3.8, 4) is 5.75 Å². The summed E-state index contributed by atoms with van der Waals surface area (Å²) in [6, 6.07) is 6.75. The predicted octanol–water partition coefficient (Wildman–Crippen LogP) is 5.14. The van der Waals surface area contributed by atoms with Crippen LogP contribution in [0.25, 0.3) is 0 Å². The van der Waals surface area contributed by atoms with E-state index in [1.165, 1.54) is 20.2 Å². The van der Waals surface area contributed by atoms with E-state index >= 15 is 0 Å². The van der Waals surface area contributed by atoms with E-state index in [-0.39, 0.29) is 5.41 Å². The van der Waals surface area contributed by atoms with Gasteiger partial charge in [0, 0.05) is 0 Å². The van der Waals surface area contributed by atoms with E-state index in [4.69, 9.17) is 3.32 Å². The average molecular weight is 362 g/mol. The second-order valence-electron chi connectivity index (χ2n) is 8.56. The molecule has 1 aliphatic rings. The van der Waals surface area contributed by atoms with E-state index in [0.29, 0.717) is 0 Å². The minimum atomic E-state index is -1.96. The van der Waals surface area contributed by atoms with Crippen LogP contribution in [-0.4, -0.2) is 12.9 Å². The van der Waals surface area contributed by atoms with Crippen molar-refractivity contribution in [1.82, 2.24) is 0 Å². The van der Waals surface area contributed by atoms with Gasteiger partial charge in [0.05, 0.1) is 0 Å². The first-order valence-electron chi connectivity index (χ1n) is 8.38. The van der Waals surface area contributed by atoms with Crippen LogP contribution in [0.4, 0.5) is 0 Å². The quantitative estimate of drug-likeness (QED) is 0.674. The van der Waals surface area contributed by atoms with E-state index < -0.39 is 25.9 Å². The number of hydrogen-bond acceptors (Lipinski definition) is 1. The first-order valence-corrected chi connectivity index (χ1v) is 14.4. The second-order valence-corrected chi connectivity index (χ2v) is 16.2. The van der Waals surface area contributed by atoms with Crippen molar-refractivity contribution in [2.75, 3.05) is 0 Å². The molecule has 0 spiro atoms. The van der Waals surface area contributed by atoms with E-state index in [2.05, 4.69) is 82.5 Å². The molecule has 0 heterocycles. The molecule has 0 amide bonds. The molecule has 1 aromatic rings. The maximum atomic E-state index is 6.42. The third kappa shape index (κ3) is 4.65. The molecule has 1 aliphatic carbocycles. The molecule has 23 heavy (non-hydrogen) atoms. The van der Waals surface area contributed by atoms with Gasteiger partial charge in [-0.3, -0.25) is 0 Å². The van der Waals surface area contributed by atoms with Gasteiger partial charge in [-0.1, -0.05) is 0 Å². The molecular formula is C20H30OSiTi. The van der Waals surface area contributed by atoms with Crippen LogP contribution in [0.5, 0.6) is 5.75 Å². The van der Waals surface area contributed by atoms with Crippen LogP contribution in [0, 0.1) is 12.3 Å². The van der Waals surface area contributed by atoms with Crippen molar-refractivity contribution in [2.45, 2.75) is 53.8 Å². The summed E-state index contributed by atoms with van der Waals surface area (Å²) < 4.78 is 7.90. The summed E-state index contributed by atoms with van der Waals surface area (Å²) in [6.07, 6.45) is 5.57. The summed E-state index contributed by atoms with van der Waals surface area (Å²) in [5, 5.41) is 1.47. The van der Waals surface area contributed by atoms with Crippen LogP contribution >= 0.6 is 0 Å². The summed E-state index contributed by atoms with van der Waals surface area (Å²) in [5.41, 5.74) is 2.92. The van der Waals surface area contributed by atoms with Gasteiger partial charge in [-0.05, 0) is 0 Å². The molecule has 124 valence electrons. The zero-order chi connectivity index (χ0) is 17.4. The maximum absolute atomic E-state index is 6.42. The fourth-order valence-corrected chi connectivity index (χ4v) is 6.70. The molecule has 0 N–H and O–H groups in total. The Labute approximate surface area is 149 Å². The second kappa shape index (κ2) is 6.66. The van der Waals surface area contributed by atoms with Crippen LogP contribution in [0.1, 0.15) is 32.8 Å². The van der Waals surface area contributed by atoms with Gasteiger partial charge in [0.25, 0.3) is 0 Å². The Hall–Kier alpha value is -0.699. The van der Waals surface area contributed by atoms with E-state index in [1.807, 2.05) is 0 Å². The van der Waals surface area contributed by atoms with E-state index in [1.54, 1.807) is 0 Å². The SMILES string of the molecule is [CH2]=[Ti]([O]c1cc(C)cc([Si](C)(C)C)c1)[C]1=C(C(C)(C)C)C=CC1. The molecule has 3 heteroatoms. The molecule has 0 fully saturated rings. The Bertz CT molecular complexity index is 685. The molecule has 2 rings (SSSR count). The standard InChI is InChI=1S/C10H16OSi.C9H13.CH2.Ti/c1-8-5-9(11)7-10(6-8)12(2,3)4;1-9(2,3)8-6-4-5-7-8;;/h5-7,11H,1-4H3;4,6H,5H2,1-3H3;1H2;/q;;;+1/p-1. The molecule has 1 aromatic carbocycles. The van der Waals surface area contributed by atoms with Crippen LogP contribution in [-0.2, 0) is 17.8 Å². The zero-order valence-electron chi connectivity index (χ0n) is 15.7. The van der Waals surface area contributed by atoms with Crippen molar-refractivity contribution in [3.05, 3.63) is 45.4 Å². The van der Waals surface area contributed by atoms with Gasteiger partial charge >= 0.3 is 149 Å². The van der Waals surface area contributed by atoms with Crippen LogP contribution in [0.2, 0.25) is 19.6 Å². The Morgan fingerprint density at radius 3 is 2.35 bits per heavy atom. The number of aryl methyl sites for hydroxylation is 1. The normalized spacial score (nSPS) is 15.3. The fourth-order valence-electron chi connectivity index (χ4n) is 2.92. The Morgan fingerprint density at radius 1 is 1.13 bits per heavy atom. The van der Waals surface area contributed by atoms with Gasteiger partial charge in [0.2, 0.25) is 0 Å². The molecule has 0 saturated carbocycles. The van der Waals surface area contributed by atoms with Crippen LogP contribution in [0.3, 0.4) is 0 Å². The predicted molar refractivity (Wildman–Crippen MR) is 102 cm³/mol. The number of hydrogen-bond donors (Lipinski definition) is 0. The monoisotopic (exact) mass is 362 g/mol. The Morgan fingerprint density at radius 2 is 1.78 bits per heavy atom. The van der Waals surface area contributed by atoms with Crippen molar-refractivity contribution in [3.63, 3.8) is 0 Å². The third-order valence-electron chi connectivity index (χ3n) is 4.23. The number of allylic oxidation sites excluding steroid dienone is 4. The Balaban J connectivity index is 2.30. The van der Waals surface area contributed by atoms with Gasteiger partial charge in [-0.25, -0.2) is 0 Å². The summed E-state index contributed by atoms with van der Waals surface area (Å²) in [5.74, 6) is 1.03. The van der Waals surface area contributed by atoms with Crippen molar-refractivity contribution >= 4 is 18.1 Å². The van der Waals surface area contributed by atoms with Crippen molar-refractivity contribution in [2.24, 2.45) is 5.41 Å². The van der Waals surface area contributed by atoms with E-state index in [0.717, 1.165) is 12.2 Å². The van der Waals surface area contributed by atoms with E-state index in [9.17, 15) is 0 Å². The molecule has 0 radical (unpaired) electrons. The Kier molecular flexibility index (Phi) is 5.40. The molecule has 0 aromatic heterocycles.